The first kappa shape index (κ1) is 12.3. The van der Waals surface area contributed by atoms with Crippen LogP contribution in [0.5, 0.6) is 0 Å². The lowest BCUT2D eigenvalue weighted by Crippen LogP contribution is -2.20. The Kier molecular flexibility index (Phi) is 3.57. The van der Waals surface area contributed by atoms with Gasteiger partial charge in [0, 0.05) is 11.1 Å². The van der Waals surface area contributed by atoms with Crippen LogP contribution in [-0.4, -0.2) is 6.18 Å². The summed E-state index contributed by atoms with van der Waals surface area (Å²) in [5.41, 5.74) is 5.40. The number of halogens is 5. The summed E-state index contributed by atoms with van der Waals surface area (Å²) in [6.45, 7) is 0. The lowest BCUT2D eigenvalue weighted by atomic mass is 10.0. The minimum atomic E-state index is -4.36. The van der Waals surface area contributed by atoms with Gasteiger partial charge in [-0.3, -0.25) is 0 Å². The molecule has 1 aromatic rings. The number of nitrogens with two attached hydrogens (primary N) is 1. The van der Waals surface area contributed by atoms with Crippen molar-refractivity contribution in [3.63, 3.8) is 0 Å². The molecule has 0 aromatic heterocycles. The Morgan fingerprint density at radius 2 is 1.93 bits per heavy atom. The van der Waals surface area contributed by atoms with Gasteiger partial charge >= 0.3 is 6.18 Å². The molecular formula is C9H8ClF4N. The van der Waals surface area contributed by atoms with Gasteiger partial charge in [-0.15, -0.1) is 0 Å². The van der Waals surface area contributed by atoms with E-state index in [1.165, 1.54) is 0 Å². The van der Waals surface area contributed by atoms with Crippen LogP contribution in [0.15, 0.2) is 18.2 Å². The van der Waals surface area contributed by atoms with Gasteiger partial charge in [-0.2, -0.15) is 13.2 Å². The van der Waals surface area contributed by atoms with E-state index in [1.807, 2.05) is 0 Å². The number of hydrogen-bond acceptors (Lipinski definition) is 1. The molecule has 84 valence electrons. The first-order valence-corrected chi connectivity index (χ1v) is 4.44. The summed E-state index contributed by atoms with van der Waals surface area (Å²) in [5, 5.41) is -0.0910. The fourth-order valence-corrected chi connectivity index (χ4v) is 1.47. The molecule has 2 N–H and O–H groups in total. The van der Waals surface area contributed by atoms with Gasteiger partial charge in [0.2, 0.25) is 0 Å². The number of rotatable bonds is 2. The Labute approximate surface area is 88.8 Å². The molecule has 15 heavy (non-hydrogen) atoms. The number of alkyl halides is 3. The van der Waals surface area contributed by atoms with Crippen molar-refractivity contribution in [2.45, 2.75) is 18.6 Å². The molecule has 1 atom stereocenters. The fraction of sp³-hybridized carbons (Fsp3) is 0.333. The Hall–Kier alpha value is -0.810. The molecule has 0 aliphatic heterocycles. The van der Waals surface area contributed by atoms with Crippen LogP contribution in [0.2, 0.25) is 5.02 Å². The highest BCUT2D eigenvalue weighted by atomic mass is 35.5. The molecule has 0 fully saturated rings. The Morgan fingerprint density at radius 1 is 1.33 bits per heavy atom. The van der Waals surface area contributed by atoms with E-state index in [0.29, 0.717) is 0 Å². The van der Waals surface area contributed by atoms with Gasteiger partial charge < -0.3 is 5.73 Å². The molecule has 0 saturated heterocycles. The van der Waals surface area contributed by atoms with E-state index in [1.54, 1.807) is 0 Å². The normalized spacial score (nSPS) is 14.0. The van der Waals surface area contributed by atoms with Crippen molar-refractivity contribution in [2.75, 3.05) is 0 Å². The van der Waals surface area contributed by atoms with Crippen molar-refractivity contribution in [1.82, 2.24) is 0 Å². The number of hydrogen-bond donors (Lipinski definition) is 1. The third-order valence-corrected chi connectivity index (χ3v) is 2.14. The van der Waals surface area contributed by atoms with Crippen LogP contribution in [0.3, 0.4) is 0 Å². The molecule has 0 saturated carbocycles. The van der Waals surface area contributed by atoms with Crippen LogP contribution in [0.25, 0.3) is 0 Å². The summed E-state index contributed by atoms with van der Waals surface area (Å²) >= 11 is 5.57. The van der Waals surface area contributed by atoms with E-state index in [0.717, 1.165) is 18.2 Å². The molecule has 1 rings (SSSR count). The summed E-state index contributed by atoms with van der Waals surface area (Å²) in [7, 11) is 0. The minimum Gasteiger partial charge on any atom is -0.324 e. The maximum atomic E-state index is 12.6. The van der Waals surface area contributed by atoms with Gasteiger partial charge in [-0.1, -0.05) is 17.7 Å². The molecule has 6 heteroatoms. The van der Waals surface area contributed by atoms with Gasteiger partial charge in [-0.25, -0.2) is 4.39 Å². The predicted octanol–water partition coefficient (Wildman–Crippen LogP) is 3.43. The molecular weight excluding hydrogens is 234 g/mol. The Morgan fingerprint density at radius 3 is 2.40 bits per heavy atom. The highest BCUT2D eigenvalue weighted by Crippen LogP contribution is 2.31. The largest absolute Gasteiger partial charge is 0.390 e. The molecule has 1 aromatic carbocycles. The molecule has 0 aliphatic rings. The third-order valence-electron chi connectivity index (χ3n) is 1.81. The SMILES string of the molecule is N[C@H](CC(F)(F)F)c1ccc(F)cc1Cl. The van der Waals surface area contributed by atoms with Crippen LogP contribution in [-0.2, 0) is 0 Å². The minimum absolute atomic E-state index is 0.0910. The Bertz CT molecular complexity index is 350. The first-order chi connectivity index (χ1) is 6.79. The zero-order valence-corrected chi connectivity index (χ0v) is 8.24. The molecule has 0 amide bonds. The molecule has 0 heterocycles. The van der Waals surface area contributed by atoms with E-state index >= 15 is 0 Å². The van der Waals surface area contributed by atoms with Gasteiger partial charge in [0.1, 0.15) is 5.82 Å². The second-order valence-corrected chi connectivity index (χ2v) is 3.50. The second-order valence-electron chi connectivity index (χ2n) is 3.09. The molecule has 0 radical (unpaired) electrons. The van der Waals surface area contributed by atoms with Gasteiger partial charge in [0.25, 0.3) is 0 Å². The van der Waals surface area contributed by atoms with E-state index in [-0.39, 0.29) is 10.6 Å². The van der Waals surface area contributed by atoms with E-state index < -0.39 is 24.5 Å². The van der Waals surface area contributed by atoms with Gasteiger partial charge in [-0.05, 0) is 17.7 Å². The summed E-state index contributed by atoms with van der Waals surface area (Å²) in [4.78, 5) is 0. The van der Waals surface area contributed by atoms with Crippen LogP contribution in [0, 0.1) is 5.82 Å². The highest BCUT2D eigenvalue weighted by molar-refractivity contribution is 6.31. The topological polar surface area (TPSA) is 26.0 Å². The van der Waals surface area contributed by atoms with E-state index in [9.17, 15) is 17.6 Å². The van der Waals surface area contributed by atoms with Gasteiger partial charge in [0.15, 0.2) is 0 Å². The average molecular weight is 242 g/mol. The summed E-state index contributed by atoms with van der Waals surface area (Å²) in [6.07, 6.45) is -5.55. The smallest absolute Gasteiger partial charge is 0.324 e. The summed E-state index contributed by atoms with van der Waals surface area (Å²) in [5.74, 6) is -0.608. The van der Waals surface area contributed by atoms with Crippen LogP contribution in [0.1, 0.15) is 18.0 Å². The van der Waals surface area contributed by atoms with Gasteiger partial charge in [0.05, 0.1) is 6.42 Å². The van der Waals surface area contributed by atoms with Crippen molar-refractivity contribution in [3.8, 4) is 0 Å². The zero-order valence-electron chi connectivity index (χ0n) is 7.48. The van der Waals surface area contributed by atoms with Crippen molar-refractivity contribution < 1.29 is 17.6 Å². The van der Waals surface area contributed by atoms with E-state index in [4.69, 9.17) is 17.3 Å². The maximum Gasteiger partial charge on any atom is 0.390 e. The van der Waals surface area contributed by atoms with Crippen molar-refractivity contribution in [2.24, 2.45) is 5.73 Å². The second kappa shape index (κ2) is 4.37. The zero-order chi connectivity index (χ0) is 11.6. The lowest BCUT2D eigenvalue weighted by Gasteiger charge is -2.15. The first-order valence-electron chi connectivity index (χ1n) is 4.07. The average Bonchev–Trinajstić information content (AvgIpc) is 1.99. The summed E-state index contributed by atoms with van der Waals surface area (Å²) in [6, 6.07) is 1.86. The van der Waals surface area contributed by atoms with Crippen LogP contribution in [0.4, 0.5) is 17.6 Å². The van der Waals surface area contributed by atoms with Crippen molar-refractivity contribution in [3.05, 3.63) is 34.6 Å². The highest BCUT2D eigenvalue weighted by Gasteiger charge is 2.31. The molecule has 0 spiro atoms. The summed E-state index contributed by atoms with van der Waals surface area (Å²) < 4.78 is 48.6. The standard InChI is InChI=1S/C9H8ClF4N/c10-7-3-5(11)1-2-6(7)8(15)4-9(12,13)14/h1-3,8H,4,15H2/t8-/m1/s1. The third kappa shape index (κ3) is 3.68. The Balaban J connectivity index is 2.87. The van der Waals surface area contributed by atoms with Crippen LogP contribution < -0.4 is 5.73 Å². The van der Waals surface area contributed by atoms with Crippen molar-refractivity contribution in [1.29, 1.82) is 0 Å². The lowest BCUT2D eigenvalue weighted by molar-refractivity contribution is -0.138. The van der Waals surface area contributed by atoms with E-state index in [2.05, 4.69) is 0 Å². The molecule has 1 nitrogen and oxygen atoms in total. The molecule has 0 unspecified atom stereocenters. The predicted molar refractivity (Wildman–Crippen MR) is 49.0 cm³/mol. The molecule has 0 bridgehead atoms. The monoisotopic (exact) mass is 241 g/mol. The maximum absolute atomic E-state index is 12.6. The number of benzene rings is 1. The van der Waals surface area contributed by atoms with Crippen LogP contribution >= 0.6 is 11.6 Å². The van der Waals surface area contributed by atoms with Crippen molar-refractivity contribution >= 4 is 11.6 Å². The molecule has 0 aliphatic carbocycles. The quantitative estimate of drug-likeness (QED) is 0.789. The fourth-order valence-electron chi connectivity index (χ4n) is 1.16.